The van der Waals surface area contributed by atoms with E-state index in [0.717, 1.165) is 0 Å². The van der Waals surface area contributed by atoms with E-state index in [4.69, 9.17) is 36.2 Å². The van der Waals surface area contributed by atoms with Crippen LogP contribution in [0.3, 0.4) is 0 Å². The lowest BCUT2D eigenvalue weighted by molar-refractivity contribution is 0.146. The predicted molar refractivity (Wildman–Crippen MR) is 172 cm³/mol. The third-order valence-corrected chi connectivity index (χ3v) is 13.6. The summed E-state index contributed by atoms with van der Waals surface area (Å²) in [5, 5.41) is 5.65. The Kier molecular flexibility index (Phi) is 24.8. The highest BCUT2D eigenvalue weighted by Gasteiger charge is 2.37. The summed E-state index contributed by atoms with van der Waals surface area (Å²) in [6.45, 7) is 16.3. The third-order valence-electron chi connectivity index (χ3n) is 5.47. The zero-order chi connectivity index (χ0) is 33.5. The molecule has 0 atom stereocenters. The van der Waals surface area contributed by atoms with Crippen LogP contribution in [0.1, 0.15) is 68.2 Å². The van der Waals surface area contributed by atoms with E-state index in [1.807, 2.05) is 0 Å². The molecular weight excluding hydrogens is 660 g/mol. The Morgan fingerprint density at radius 3 is 0.886 bits per heavy atom. The van der Waals surface area contributed by atoms with Gasteiger partial charge in [0.1, 0.15) is 0 Å². The molecule has 0 aromatic carbocycles. The van der Waals surface area contributed by atoms with Crippen LogP contribution in [0.15, 0.2) is 0 Å². The average molecular weight is 719 g/mol. The van der Waals surface area contributed by atoms with Crippen LogP contribution >= 0.6 is 31.0 Å². The van der Waals surface area contributed by atoms with Gasteiger partial charge >= 0.3 is 31.0 Å². The maximum atomic E-state index is 13.9. The standard InChI is InChI=1S/C24H58N4O12P4/c1-9-33-41(29,34-10-2)25-19-17-21-27(43(31,37-13-5)38-14-6)23-24-28(44(32,39-15-7)40-16-8)22-18-20-26-42(30,35-11-3)36-12-4/h9-24H2,1-8H3,(H,25,29)(H,26,30). The van der Waals surface area contributed by atoms with Crippen molar-refractivity contribution in [2.24, 2.45) is 0 Å². The van der Waals surface area contributed by atoms with Gasteiger partial charge in [-0.3, -0.25) is 36.2 Å². The molecule has 0 rings (SSSR count). The molecule has 0 spiro atoms. The molecule has 0 amide bonds. The molecule has 0 fully saturated rings. The van der Waals surface area contributed by atoms with Crippen LogP contribution in [0.4, 0.5) is 0 Å². The van der Waals surface area contributed by atoms with E-state index in [2.05, 4.69) is 10.2 Å². The van der Waals surface area contributed by atoms with Gasteiger partial charge in [-0.05, 0) is 68.2 Å². The molecule has 0 saturated carbocycles. The molecule has 0 radical (unpaired) electrons. The zero-order valence-corrected chi connectivity index (χ0v) is 31.5. The van der Waals surface area contributed by atoms with Crippen LogP contribution in [-0.4, -0.2) is 101 Å². The van der Waals surface area contributed by atoms with E-state index < -0.39 is 31.0 Å². The Balaban J connectivity index is 5.89. The largest absolute Gasteiger partial charge is 0.408 e. The maximum Gasteiger partial charge on any atom is 0.408 e. The summed E-state index contributed by atoms with van der Waals surface area (Å²) in [5.41, 5.74) is 0. The smallest absolute Gasteiger partial charge is 0.297 e. The van der Waals surface area contributed by atoms with Crippen molar-refractivity contribution >= 4 is 31.0 Å². The average Bonchev–Trinajstić information content (AvgIpc) is 2.94. The second-order valence-corrected chi connectivity index (χ2v) is 16.4. The number of hydrogen-bond donors (Lipinski definition) is 2. The van der Waals surface area contributed by atoms with E-state index >= 15 is 0 Å². The van der Waals surface area contributed by atoms with Crippen LogP contribution < -0.4 is 10.2 Å². The Morgan fingerprint density at radius 2 is 0.659 bits per heavy atom. The maximum absolute atomic E-state index is 13.9. The number of nitrogens with one attached hydrogen (secondary N) is 2. The summed E-state index contributed by atoms with van der Waals surface area (Å²) >= 11 is 0. The highest BCUT2D eigenvalue weighted by Crippen LogP contribution is 2.54. The first-order valence-electron chi connectivity index (χ1n) is 15.5. The second kappa shape index (κ2) is 24.6. The first-order chi connectivity index (χ1) is 20.9. The summed E-state index contributed by atoms with van der Waals surface area (Å²) < 4.78 is 100.0. The van der Waals surface area contributed by atoms with E-state index in [0.29, 0.717) is 12.8 Å². The van der Waals surface area contributed by atoms with Gasteiger partial charge < -0.3 is 0 Å². The summed E-state index contributed by atoms with van der Waals surface area (Å²) in [4.78, 5) is 0. The Labute approximate surface area is 265 Å². The van der Waals surface area contributed by atoms with Crippen molar-refractivity contribution in [3.8, 4) is 0 Å². The van der Waals surface area contributed by atoms with Gasteiger partial charge in [0.25, 0.3) is 0 Å². The summed E-state index contributed by atoms with van der Waals surface area (Å²) in [7, 11) is -14.4. The number of rotatable bonds is 31. The van der Waals surface area contributed by atoms with Crippen LogP contribution in [0.2, 0.25) is 0 Å². The first kappa shape index (κ1) is 44.4. The molecule has 2 N–H and O–H groups in total. The van der Waals surface area contributed by atoms with Crippen molar-refractivity contribution in [2.45, 2.75) is 68.2 Å². The van der Waals surface area contributed by atoms with Crippen molar-refractivity contribution < 1.29 is 54.5 Å². The molecule has 0 aromatic heterocycles. The van der Waals surface area contributed by atoms with Crippen molar-refractivity contribution in [1.29, 1.82) is 0 Å². The second-order valence-electron chi connectivity index (χ2n) is 8.70. The molecule has 0 aliphatic heterocycles. The van der Waals surface area contributed by atoms with Crippen molar-refractivity contribution in [1.82, 2.24) is 19.5 Å². The lowest BCUT2D eigenvalue weighted by Gasteiger charge is -2.34. The monoisotopic (exact) mass is 718 g/mol. The summed E-state index contributed by atoms with van der Waals surface area (Å²) in [5.74, 6) is 0. The lowest BCUT2D eigenvalue weighted by atomic mass is 10.4. The van der Waals surface area contributed by atoms with Crippen LogP contribution in [0, 0.1) is 0 Å². The van der Waals surface area contributed by atoms with Crippen molar-refractivity contribution in [3.05, 3.63) is 0 Å². The highest BCUT2D eigenvalue weighted by atomic mass is 31.2. The molecule has 266 valence electrons. The third kappa shape index (κ3) is 17.0. The molecule has 20 heteroatoms. The molecule has 0 heterocycles. The van der Waals surface area contributed by atoms with Crippen LogP contribution in [-0.2, 0) is 54.5 Å². The van der Waals surface area contributed by atoms with Gasteiger partial charge in [0.15, 0.2) is 0 Å². The minimum absolute atomic E-state index is 0.111. The van der Waals surface area contributed by atoms with Gasteiger partial charge in [0.05, 0.1) is 52.9 Å². The summed E-state index contributed by atoms with van der Waals surface area (Å²) in [6.07, 6.45) is 0.772. The molecule has 0 aromatic rings. The Bertz CT molecular complexity index is 824. The SMILES string of the molecule is CCOP(=O)(NCCCN(CCN(CCCNP(=O)(OCC)OCC)P(=O)(OCC)OCC)P(=O)(OCC)OCC)OCC. The fourth-order valence-electron chi connectivity index (χ4n) is 3.89. The minimum Gasteiger partial charge on any atom is -0.297 e. The van der Waals surface area contributed by atoms with E-state index in [1.54, 1.807) is 64.7 Å². The molecule has 0 aliphatic carbocycles. The van der Waals surface area contributed by atoms with Crippen molar-refractivity contribution in [2.75, 3.05) is 92.1 Å². The van der Waals surface area contributed by atoms with E-state index in [9.17, 15) is 18.3 Å². The minimum atomic E-state index is -3.75. The lowest BCUT2D eigenvalue weighted by Crippen LogP contribution is -2.36. The molecule has 16 nitrogen and oxygen atoms in total. The molecule has 0 saturated heterocycles. The Morgan fingerprint density at radius 1 is 0.409 bits per heavy atom. The first-order valence-corrected chi connectivity index (χ1v) is 21.6. The quantitative estimate of drug-likeness (QED) is 0.0606. The highest BCUT2D eigenvalue weighted by molar-refractivity contribution is 7.52. The van der Waals surface area contributed by atoms with Crippen LogP contribution in [0.5, 0.6) is 0 Å². The molecule has 44 heavy (non-hydrogen) atoms. The van der Waals surface area contributed by atoms with Crippen LogP contribution in [0.25, 0.3) is 0 Å². The Hall–Kier alpha value is 0.440. The van der Waals surface area contributed by atoms with Crippen molar-refractivity contribution in [3.63, 3.8) is 0 Å². The van der Waals surface area contributed by atoms with E-state index in [1.165, 1.54) is 0 Å². The zero-order valence-electron chi connectivity index (χ0n) is 27.9. The van der Waals surface area contributed by atoms with Gasteiger partial charge in [-0.2, -0.15) is 0 Å². The van der Waals surface area contributed by atoms with Gasteiger partial charge in [0, 0.05) is 39.3 Å². The van der Waals surface area contributed by atoms with Gasteiger partial charge in [-0.25, -0.2) is 37.8 Å². The normalized spacial score (nSPS) is 13.4. The predicted octanol–water partition coefficient (Wildman–Crippen LogP) is 6.27. The fourth-order valence-corrected chi connectivity index (χ4v) is 10.2. The molecule has 0 unspecified atom stereocenters. The fraction of sp³-hybridized carbons (Fsp3) is 1.00. The van der Waals surface area contributed by atoms with Gasteiger partial charge in [0.2, 0.25) is 0 Å². The number of nitrogens with zero attached hydrogens (tertiary/aromatic N) is 2. The van der Waals surface area contributed by atoms with Gasteiger partial charge in [-0.1, -0.05) is 0 Å². The topological polar surface area (TPSA) is 173 Å². The van der Waals surface area contributed by atoms with Gasteiger partial charge in [-0.15, -0.1) is 0 Å². The number of hydrogen-bond acceptors (Lipinski definition) is 12. The molecule has 0 bridgehead atoms. The van der Waals surface area contributed by atoms with E-state index in [-0.39, 0.29) is 92.1 Å². The summed E-state index contributed by atoms with van der Waals surface area (Å²) in [6, 6.07) is 0. The molecular formula is C24H58N4O12P4. The molecule has 0 aliphatic rings.